The molecule has 0 unspecified atom stereocenters. The summed E-state index contributed by atoms with van der Waals surface area (Å²) in [6, 6.07) is 5.09. The molecule has 0 amide bonds. The molecule has 0 aliphatic rings. The molecule has 1 heterocycles. The van der Waals surface area contributed by atoms with E-state index in [9.17, 15) is 13.2 Å². The van der Waals surface area contributed by atoms with Gasteiger partial charge in [-0.15, -0.1) is 0 Å². The Hall–Kier alpha value is -1.82. The average molecular weight is 283 g/mol. The van der Waals surface area contributed by atoms with Crippen LogP contribution in [0.25, 0.3) is 11.3 Å². The van der Waals surface area contributed by atoms with Crippen LogP contribution in [0.4, 0.5) is 13.2 Å². The molecule has 20 heavy (non-hydrogen) atoms. The lowest BCUT2D eigenvalue weighted by atomic mass is 10.1. The monoisotopic (exact) mass is 283 g/mol. The van der Waals surface area contributed by atoms with Crippen LogP contribution in [0.2, 0.25) is 0 Å². The highest BCUT2D eigenvalue weighted by molar-refractivity contribution is 5.63. The first-order chi connectivity index (χ1) is 9.41. The second kappa shape index (κ2) is 5.66. The number of aryl methyl sites for hydroxylation is 1. The maximum atomic E-state index is 12.5. The van der Waals surface area contributed by atoms with Crippen molar-refractivity contribution in [2.75, 3.05) is 6.54 Å². The Morgan fingerprint density at radius 3 is 2.40 bits per heavy atom. The predicted molar refractivity (Wildman–Crippen MR) is 71.0 cm³/mol. The molecule has 1 aromatic heterocycles. The highest BCUT2D eigenvalue weighted by atomic mass is 19.4. The zero-order valence-corrected chi connectivity index (χ0v) is 11.3. The minimum atomic E-state index is -4.31. The van der Waals surface area contributed by atoms with E-state index in [1.807, 2.05) is 13.1 Å². The molecule has 0 spiro atoms. The summed E-state index contributed by atoms with van der Waals surface area (Å²) in [6.07, 6.45) is -2.44. The summed E-state index contributed by atoms with van der Waals surface area (Å²) in [6.45, 7) is 3.45. The third-order valence-electron chi connectivity index (χ3n) is 2.96. The van der Waals surface area contributed by atoms with E-state index in [1.165, 1.54) is 12.1 Å². The van der Waals surface area contributed by atoms with Gasteiger partial charge in [0.25, 0.3) is 0 Å². The summed E-state index contributed by atoms with van der Waals surface area (Å²) < 4.78 is 39.3. The summed E-state index contributed by atoms with van der Waals surface area (Å²) in [5, 5.41) is 7.51. The van der Waals surface area contributed by atoms with Gasteiger partial charge in [-0.1, -0.05) is 19.1 Å². The Morgan fingerprint density at radius 2 is 1.85 bits per heavy atom. The molecule has 0 atom stereocenters. The van der Waals surface area contributed by atoms with Crippen molar-refractivity contribution in [2.45, 2.75) is 19.6 Å². The van der Waals surface area contributed by atoms with Crippen LogP contribution in [0, 0.1) is 0 Å². The Morgan fingerprint density at radius 1 is 1.20 bits per heavy atom. The predicted octanol–water partition coefficient (Wildman–Crippen LogP) is 3.22. The van der Waals surface area contributed by atoms with Gasteiger partial charge in [-0.2, -0.15) is 18.3 Å². The average Bonchev–Trinajstić information content (AvgIpc) is 2.76. The Labute approximate surface area is 115 Å². The van der Waals surface area contributed by atoms with E-state index in [1.54, 1.807) is 11.7 Å². The number of benzene rings is 1. The molecule has 0 fully saturated rings. The van der Waals surface area contributed by atoms with Gasteiger partial charge in [0.15, 0.2) is 0 Å². The molecular weight excluding hydrogens is 267 g/mol. The van der Waals surface area contributed by atoms with Crippen molar-refractivity contribution in [3.05, 3.63) is 41.6 Å². The lowest BCUT2D eigenvalue weighted by Crippen LogP contribution is -2.11. The van der Waals surface area contributed by atoms with Crippen LogP contribution in [-0.2, 0) is 19.8 Å². The van der Waals surface area contributed by atoms with Crippen molar-refractivity contribution in [1.82, 2.24) is 15.1 Å². The number of alkyl halides is 3. The van der Waals surface area contributed by atoms with E-state index in [0.717, 1.165) is 24.2 Å². The number of nitrogens with one attached hydrogen (secondary N) is 1. The number of rotatable bonds is 4. The van der Waals surface area contributed by atoms with E-state index in [0.29, 0.717) is 17.8 Å². The molecule has 0 aliphatic heterocycles. The highest BCUT2D eigenvalue weighted by Gasteiger charge is 2.30. The summed E-state index contributed by atoms with van der Waals surface area (Å²) in [7, 11) is 1.79. The van der Waals surface area contributed by atoms with E-state index >= 15 is 0 Å². The number of hydrogen-bond donors (Lipinski definition) is 1. The third-order valence-corrected chi connectivity index (χ3v) is 2.96. The smallest absolute Gasteiger partial charge is 0.313 e. The van der Waals surface area contributed by atoms with Crippen molar-refractivity contribution in [1.29, 1.82) is 0 Å². The van der Waals surface area contributed by atoms with Gasteiger partial charge < -0.3 is 5.32 Å². The first-order valence-electron chi connectivity index (χ1n) is 6.32. The van der Waals surface area contributed by atoms with E-state index < -0.39 is 11.7 Å². The summed E-state index contributed by atoms with van der Waals surface area (Å²) in [5.41, 5.74) is 1.72. The van der Waals surface area contributed by atoms with Crippen molar-refractivity contribution in [3.8, 4) is 11.3 Å². The van der Waals surface area contributed by atoms with Gasteiger partial charge in [-0.05, 0) is 18.7 Å². The van der Waals surface area contributed by atoms with Gasteiger partial charge in [0, 0.05) is 30.9 Å². The van der Waals surface area contributed by atoms with Crippen LogP contribution < -0.4 is 5.32 Å². The summed E-state index contributed by atoms with van der Waals surface area (Å²) in [5.74, 6) is 0. The first kappa shape index (κ1) is 14.6. The lowest BCUT2D eigenvalue weighted by Gasteiger charge is -2.07. The van der Waals surface area contributed by atoms with Gasteiger partial charge in [0.1, 0.15) is 0 Å². The standard InChI is InChI=1S/C14H16F3N3/c1-3-18-8-11-9-20(2)19-13(11)10-4-6-12(7-5-10)14(15,16)17/h4-7,9,18H,3,8H2,1-2H3. The minimum Gasteiger partial charge on any atom is -0.313 e. The zero-order valence-electron chi connectivity index (χ0n) is 11.3. The van der Waals surface area contributed by atoms with Crippen molar-refractivity contribution < 1.29 is 13.2 Å². The molecule has 0 saturated heterocycles. The number of aromatic nitrogens is 2. The van der Waals surface area contributed by atoms with Crippen molar-refractivity contribution in [2.24, 2.45) is 7.05 Å². The van der Waals surface area contributed by atoms with Crippen molar-refractivity contribution >= 4 is 0 Å². The van der Waals surface area contributed by atoms with Crippen LogP contribution in [0.15, 0.2) is 30.5 Å². The highest BCUT2D eigenvalue weighted by Crippen LogP contribution is 2.31. The first-order valence-corrected chi connectivity index (χ1v) is 6.32. The maximum absolute atomic E-state index is 12.5. The fraction of sp³-hybridized carbons (Fsp3) is 0.357. The molecule has 0 saturated carbocycles. The zero-order chi connectivity index (χ0) is 14.8. The lowest BCUT2D eigenvalue weighted by molar-refractivity contribution is -0.137. The fourth-order valence-corrected chi connectivity index (χ4v) is 1.99. The molecule has 0 radical (unpaired) electrons. The normalized spacial score (nSPS) is 11.8. The fourth-order valence-electron chi connectivity index (χ4n) is 1.99. The molecule has 1 N–H and O–H groups in total. The molecule has 0 bridgehead atoms. The number of halogens is 3. The van der Waals surface area contributed by atoms with E-state index in [2.05, 4.69) is 10.4 Å². The van der Waals surface area contributed by atoms with Gasteiger partial charge in [-0.25, -0.2) is 0 Å². The quantitative estimate of drug-likeness (QED) is 0.933. The minimum absolute atomic E-state index is 0.640. The second-order valence-corrected chi connectivity index (χ2v) is 4.53. The topological polar surface area (TPSA) is 29.9 Å². The van der Waals surface area contributed by atoms with Gasteiger partial charge in [0.2, 0.25) is 0 Å². The SMILES string of the molecule is CCNCc1cn(C)nc1-c1ccc(C(F)(F)F)cc1. The summed E-state index contributed by atoms with van der Waals surface area (Å²) >= 11 is 0. The largest absolute Gasteiger partial charge is 0.416 e. The molecule has 6 heteroatoms. The van der Waals surface area contributed by atoms with Gasteiger partial charge in [-0.3, -0.25) is 4.68 Å². The third kappa shape index (κ3) is 3.19. The Bertz CT molecular complexity index is 570. The molecule has 3 nitrogen and oxygen atoms in total. The molecule has 2 rings (SSSR count). The Kier molecular flexibility index (Phi) is 4.13. The molecule has 2 aromatic rings. The molecule has 0 aliphatic carbocycles. The van der Waals surface area contributed by atoms with Crippen molar-refractivity contribution in [3.63, 3.8) is 0 Å². The number of hydrogen-bond acceptors (Lipinski definition) is 2. The van der Waals surface area contributed by atoms with Crippen LogP contribution in [0.5, 0.6) is 0 Å². The van der Waals surface area contributed by atoms with Crippen LogP contribution in [-0.4, -0.2) is 16.3 Å². The Balaban J connectivity index is 2.31. The van der Waals surface area contributed by atoms with Gasteiger partial charge in [0.05, 0.1) is 11.3 Å². The maximum Gasteiger partial charge on any atom is 0.416 e. The molecule has 1 aromatic carbocycles. The van der Waals surface area contributed by atoms with E-state index in [-0.39, 0.29) is 0 Å². The van der Waals surface area contributed by atoms with E-state index in [4.69, 9.17) is 0 Å². The summed E-state index contributed by atoms with van der Waals surface area (Å²) in [4.78, 5) is 0. The van der Waals surface area contributed by atoms with Gasteiger partial charge >= 0.3 is 6.18 Å². The van der Waals surface area contributed by atoms with Crippen LogP contribution in [0.1, 0.15) is 18.1 Å². The number of nitrogens with zero attached hydrogens (tertiary/aromatic N) is 2. The van der Waals surface area contributed by atoms with Crippen LogP contribution >= 0.6 is 0 Å². The molecular formula is C14H16F3N3. The van der Waals surface area contributed by atoms with Crippen LogP contribution in [0.3, 0.4) is 0 Å². The second-order valence-electron chi connectivity index (χ2n) is 4.53. The molecule has 108 valence electrons.